The average Bonchev–Trinajstić information content (AvgIpc) is 3.15. The van der Waals surface area contributed by atoms with Crippen LogP contribution < -0.4 is 11.0 Å². The van der Waals surface area contributed by atoms with Gasteiger partial charge in [0.15, 0.2) is 0 Å². The van der Waals surface area contributed by atoms with Gasteiger partial charge in [-0.3, -0.25) is 19.5 Å². The van der Waals surface area contributed by atoms with E-state index in [2.05, 4.69) is 10.3 Å². The van der Waals surface area contributed by atoms with E-state index >= 15 is 0 Å². The molecule has 1 N–H and O–H groups in total. The first-order valence-electron chi connectivity index (χ1n) is 9.30. The van der Waals surface area contributed by atoms with Gasteiger partial charge < -0.3 is 10.2 Å². The van der Waals surface area contributed by atoms with Gasteiger partial charge in [-0.1, -0.05) is 23.9 Å². The smallest absolute Gasteiger partial charge is 0.320 e. The first kappa shape index (κ1) is 21.0. The molecule has 1 aliphatic carbocycles. The van der Waals surface area contributed by atoms with E-state index in [1.807, 2.05) is 19.0 Å². The van der Waals surface area contributed by atoms with Crippen molar-refractivity contribution in [2.75, 3.05) is 31.7 Å². The van der Waals surface area contributed by atoms with E-state index in [0.717, 1.165) is 37.1 Å². The van der Waals surface area contributed by atoms with Gasteiger partial charge in [0.2, 0.25) is 5.91 Å². The molecule has 0 radical (unpaired) electrons. The van der Waals surface area contributed by atoms with Crippen LogP contribution in [0.15, 0.2) is 34.1 Å². The van der Waals surface area contributed by atoms with Crippen molar-refractivity contribution in [2.24, 2.45) is 0 Å². The zero-order chi connectivity index (χ0) is 21.0. The number of thioether (sulfide) groups is 1. The Morgan fingerprint density at radius 1 is 1.34 bits per heavy atom. The number of carbonyl (C=O) groups is 1. The van der Waals surface area contributed by atoms with Crippen molar-refractivity contribution < 1.29 is 9.72 Å². The van der Waals surface area contributed by atoms with Crippen LogP contribution in [-0.2, 0) is 24.2 Å². The predicted molar refractivity (Wildman–Crippen MR) is 112 cm³/mol. The number of likely N-dealkylation sites (N-methyl/N-ethyl adjacent to an activating group) is 1. The molecular formula is C19H23N5O4S. The summed E-state index contributed by atoms with van der Waals surface area (Å²) in [7, 11) is 3.91. The highest BCUT2D eigenvalue weighted by atomic mass is 32.2. The number of anilines is 1. The number of nitro groups is 1. The van der Waals surface area contributed by atoms with Crippen molar-refractivity contribution in [2.45, 2.75) is 30.8 Å². The minimum atomic E-state index is -0.537. The molecule has 1 aliphatic rings. The van der Waals surface area contributed by atoms with Crippen LogP contribution >= 0.6 is 11.8 Å². The van der Waals surface area contributed by atoms with Crippen molar-refractivity contribution in [1.82, 2.24) is 14.5 Å². The van der Waals surface area contributed by atoms with Crippen LogP contribution in [0.3, 0.4) is 0 Å². The summed E-state index contributed by atoms with van der Waals surface area (Å²) in [5.74, 6) is -0.359. The van der Waals surface area contributed by atoms with Gasteiger partial charge in [-0.2, -0.15) is 4.98 Å². The number of rotatable bonds is 8. The lowest BCUT2D eigenvalue weighted by molar-refractivity contribution is -0.383. The maximum absolute atomic E-state index is 12.5. The molecule has 10 heteroatoms. The van der Waals surface area contributed by atoms with Gasteiger partial charge in [-0.05, 0) is 39.4 Å². The van der Waals surface area contributed by atoms with Crippen LogP contribution in [0, 0.1) is 10.1 Å². The summed E-state index contributed by atoms with van der Waals surface area (Å²) in [5, 5.41) is 14.2. The van der Waals surface area contributed by atoms with Crippen molar-refractivity contribution in [1.29, 1.82) is 0 Å². The number of para-hydroxylation sites is 2. The second-order valence-electron chi connectivity index (χ2n) is 7.04. The highest BCUT2D eigenvalue weighted by Gasteiger charge is 2.23. The SMILES string of the molecule is CN(C)CCn1c2c(c(SCC(=O)Nc3ccccc3[N+](=O)[O-])nc1=O)CCC2. The molecule has 154 valence electrons. The Bertz CT molecular complexity index is 989. The maximum atomic E-state index is 12.5. The fourth-order valence-electron chi connectivity index (χ4n) is 3.29. The predicted octanol–water partition coefficient (Wildman–Crippen LogP) is 1.93. The number of nitrogens with one attached hydrogen (secondary N) is 1. The number of nitrogens with zero attached hydrogens (tertiary/aromatic N) is 4. The molecule has 3 rings (SSSR count). The third-order valence-electron chi connectivity index (χ3n) is 4.69. The number of aromatic nitrogens is 2. The van der Waals surface area contributed by atoms with Gasteiger partial charge >= 0.3 is 5.69 Å². The molecule has 0 bridgehead atoms. The first-order chi connectivity index (χ1) is 13.9. The first-order valence-corrected chi connectivity index (χ1v) is 10.3. The Kier molecular flexibility index (Phi) is 6.65. The van der Waals surface area contributed by atoms with Crippen molar-refractivity contribution >= 4 is 29.0 Å². The highest BCUT2D eigenvalue weighted by Crippen LogP contribution is 2.29. The standard InChI is InChI=1S/C19H23N5O4S/c1-22(2)10-11-23-15-9-5-6-13(15)18(21-19(23)26)29-12-17(25)20-14-7-3-4-8-16(14)24(27)28/h3-4,7-8H,5-6,9-12H2,1-2H3,(H,20,25). The molecule has 0 unspecified atom stereocenters. The second-order valence-corrected chi connectivity index (χ2v) is 8.01. The monoisotopic (exact) mass is 417 g/mol. The Hall–Kier alpha value is -2.72. The molecule has 2 aromatic rings. The lowest BCUT2D eigenvalue weighted by atomic mass is 10.2. The van der Waals surface area contributed by atoms with E-state index in [-0.39, 0.29) is 28.7 Å². The Morgan fingerprint density at radius 2 is 2.10 bits per heavy atom. The van der Waals surface area contributed by atoms with E-state index in [9.17, 15) is 19.7 Å². The van der Waals surface area contributed by atoms with Crippen LogP contribution in [-0.4, -0.2) is 51.7 Å². The summed E-state index contributed by atoms with van der Waals surface area (Å²) < 4.78 is 1.74. The molecule has 0 aliphatic heterocycles. The molecule has 1 aromatic heterocycles. The van der Waals surface area contributed by atoms with E-state index in [4.69, 9.17) is 0 Å². The number of fused-ring (bicyclic) bond motifs is 1. The van der Waals surface area contributed by atoms with Gasteiger partial charge in [-0.25, -0.2) is 4.79 Å². The second kappa shape index (κ2) is 9.19. The Balaban J connectivity index is 1.72. The molecule has 1 heterocycles. The summed E-state index contributed by atoms with van der Waals surface area (Å²) >= 11 is 1.20. The number of hydrogen-bond acceptors (Lipinski definition) is 7. The minimum Gasteiger partial charge on any atom is -0.320 e. The molecule has 1 amide bonds. The third kappa shape index (κ3) is 5.01. The Labute approximate surface area is 172 Å². The van der Waals surface area contributed by atoms with Crippen molar-refractivity contribution in [3.8, 4) is 0 Å². The third-order valence-corrected chi connectivity index (χ3v) is 5.70. The number of benzene rings is 1. The molecule has 29 heavy (non-hydrogen) atoms. The molecule has 0 atom stereocenters. The molecule has 0 fully saturated rings. The molecule has 9 nitrogen and oxygen atoms in total. The topological polar surface area (TPSA) is 110 Å². The zero-order valence-corrected chi connectivity index (χ0v) is 17.2. The summed E-state index contributed by atoms with van der Waals surface area (Å²) in [6.07, 6.45) is 2.62. The Morgan fingerprint density at radius 3 is 2.83 bits per heavy atom. The van der Waals surface area contributed by atoms with E-state index in [1.165, 1.54) is 23.9 Å². The van der Waals surface area contributed by atoms with Crippen LogP contribution in [0.1, 0.15) is 17.7 Å². The fraction of sp³-hybridized carbons (Fsp3) is 0.421. The van der Waals surface area contributed by atoms with Crippen LogP contribution in [0.5, 0.6) is 0 Å². The molecule has 0 saturated carbocycles. The average molecular weight is 417 g/mol. The summed E-state index contributed by atoms with van der Waals surface area (Å²) in [4.78, 5) is 41.6. The minimum absolute atomic E-state index is 0.0205. The quantitative estimate of drug-likeness (QED) is 0.302. The highest BCUT2D eigenvalue weighted by molar-refractivity contribution is 8.00. The fourth-order valence-corrected chi connectivity index (χ4v) is 4.17. The maximum Gasteiger partial charge on any atom is 0.348 e. The van der Waals surface area contributed by atoms with Crippen LogP contribution in [0.2, 0.25) is 0 Å². The number of carbonyl (C=O) groups excluding carboxylic acids is 1. The molecule has 0 spiro atoms. The molecule has 1 aromatic carbocycles. The lowest BCUT2D eigenvalue weighted by Crippen LogP contribution is -2.31. The number of nitro benzene ring substituents is 1. The van der Waals surface area contributed by atoms with Gasteiger partial charge in [0.1, 0.15) is 10.7 Å². The van der Waals surface area contributed by atoms with Gasteiger partial charge in [0.25, 0.3) is 5.69 Å². The van der Waals surface area contributed by atoms with Crippen LogP contribution in [0.4, 0.5) is 11.4 Å². The largest absolute Gasteiger partial charge is 0.348 e. The summed E-state index contributed by atoms with van der Waals surface area (Å²) in [6, 6.07) is 5.99. The summed E-state index contributed by atoms with van der Waals surface area (Å²) in [5.41, 5.74) is 1.74. The van der Waals surface area contributed by atoms with E-state index < -0.39 is 4.92 Å². The number of hydrogen-bond donors (Lipinski definition) is 1. The normalized spacial score (nSPS) is 12.8. The van der Waals surface area contributed by atoms with Crippen molar-refractivity contribution in [3.05, 3.63) is 56.1 Å². The molecule has 0 saturated heterocycles. The van der Waals surface area contributed by atoms with Gasteiger partial charge in [0, 0.05) is 30.4 Å². The lowest BCUT2D eigenvalue weighted by Gasteiger charge is -2.16. The zero-order valence-electron chi connectivity index (χ0n) is 16.4. The molecular weight excluding hydrogens is 394 g/mol. The number of amides is 1. The van der Waals surface area contributed by atoms with Gasteiger partial charge in [0.05, 0.1) is 10.7 Å². The van der Waals surface area contributed by atoms with Crippen LogP contribution in [0.25, 0.3) is 0 Å². The van der Waals surface area contributed by atoms with E-state index in [0.29, 0.717) is 11.6 Å². The van der Waals surface area contributed by atoms with Gasteiger partial charge in [-0.15, -0.1) is 0 Å². The van der Waals surface area contributed by atoms with Crippen molar-refractivity contribution in [3.63, 3.8) is 0 Å². The summed E-state index contributed by atoms with van der Waals surface area (Å²) in [6.45, 7) is 1.34. The van der Waals surface area contributed by atoms with E-state index in [1.54, 1.807) is 16.7 Å².